The lowest BCUT2D eigenvalue weighted by molar-refractivity contribution is 0.946. The third-order valence-electron chi connectivity index (χ3n) is 1.29. The molecule has 0 rings (SSSR count). The highest BCUT2D eigenvalue weighted by Crippen LogP contribution is 1.95. The SMILES string of the molecule is C#CCNC(=NCCS)C(C#N)C#N. The minimum Gasteiger partial charge on any atom is -0.361 e. The molecule has 0 unspecified atom stereocenters. The Labute approximate surface area is 89.0 Å². The van der Waals surface area contributed by atoms with E-state index in [0.717, 1.165) is 0 Å². The van der Waals surface area contributed by atoms with Crippen molar-refractivity contribution in [3.8, 4) is 24.5 Å². The lowest BCUT2D eigenvalue weighted by Crippen LogP contribution is -2.30. The van der Waals surface area contributed by atoms with Gasteiger partial charge in [0.05, 0.1) is 18.7 Å². The quantitative estimate of drug-likeness (QED) is 0.299. The van der Waals surface area contributed by atoms with Crippen LogP contribution < -0.4 is 5.32 Å². The van der Waals surface area contributed by atoms with Crippen LogP contribution in [-0.4, -0.2) is 24.7 Å². The molecule has 0 aromatic heterocycles. The number of hydrogen-bond acceptors (Lipinski definition) is 4. The Morgan fingerprint density at radius 3 is 2.57 bits per heavy atom. The second-order valence-corrected chi connectivity index (χ2v) is 2.69. The largest absolute Gasteiger partial charge is 0.361 e. The average molecular weight is 206 g/mol. The smallest absolute Gasteiger partial charge is 0.189 e. The van der Waals surface area contributed by atoms with Crippen molar-refractivity contribution in [3.63, 3.8) is 0 Å². The van der Waals surface area contributed by atoms with Crippen LogP contribution in [0.1, 0.15) is 0 Å². The number of nitrogens with one attached hydrogen (secondary N) is 1. The van der Waals surface area contributed by atoms with Gasteiger partial charge in [-0.15, -0.1) is 6.42 Å². The Bertz CT molecular complexity index is 301. The molecule has 0 heterocycles. The summed E-state index contributed by atoms with van der Waals surface area (Å²) in [5.74, 6) is 2.34. The highest BCUT2D eigenvalue weighted by molar-refractivity contribution is 7.80. The van der Waals surface area contributed by atoms with Crippen LogP contribution in [0.5, 0.6) is 0 Å². The van der Waals surface area contributed by atoms with E-state index in [1.807, 2.05) is 12.1 Å². The molecule has 4 nitrogen and oxygen atoms in total. The number of nitriles is 2. The molecule has 14 heavy (non-hydrogen) atoms. The first-order valence-corrected chi connectivity index (χ1v) is 4.55. The summed E-state index contributed by atoms with van der Waals surface area (Å²) in [6.07, 6.45) is 5.04. The first-order valence-electron chi connectivity index (χ1n) is 3.92. The van der Waals surface area contributed by atoms with E-state index in [9.17, 15) is 0 Å². The van der Waals surface area contributed by atoms with Crippen LogP contribution >= 0.6 is 12.6 Å². The molecule has 0 radical (unpaired) electrons. The highest BCUT2D eigenvalue weighted by atomic mass is 32.1. The Balaban J connectivity index is 4.49. The summed E-state index contributed by atoms with van der Waals surface area (Å²) in [4.78, 5) is 4.01. The molecule has 0 spiro atoms. The van der Waals surface area contributed by atoms with Crippen LogP contribution in [0.3, 0.4) is 0 Å². The molecule has 72 valence electrons. The number of amidine groups is 1. The normalized spacial score (nSPS) is 10.1. The van der Waals surface area contributed by atoms with Gasteiger partial charge in [-0.25, -0.2) is 0 Å². The molecule has 0 saturated heterocycles. The third kappa shape index (κ3) is 4.40. The number of aliphatic imine (C=N–C) groups is 1. The Morgan fingerprint density at radius 2 is 2.14 bits per heavy atom. The topological polar surface area (TPSA) is 72.0 Å². The molecule has 0 aliphatic rings. The van der Waals surface area contributed by atoms with E-state index in [-0.39, 0.29) is 6.54 Å². The van der Waals surface area contributed by atoms with Gasteiger partial charge in [0, 0.05) is 12.3 Å². The molecular weight excluding hydrogens is 196 g/mol. The van der Waals surface area contributed by atoms with Crippen molar-refractivity contribution >= 4 is 18.5 Å². The number of thiol groups is 1. The van der Waals surface area contributed by atoms with Crippen LogP contribution in [0.15, 0.2) is 4.99 Å². The van der Waals surface area contributed by atoms with E-state index < -0.39 is 5.92 Å². The predicted octanol–water partition coefficient (Wildman–Crippen LogP) is 0.201. The molecule has 0 amide bonds. The summed E-state index contributed by atoms with van der Waals surface area (Å²) in [5.41, 5.74) is 0. The van der Waals surface area contributed by atoms with Crippen LogP contribution in [0.4, 0.5) is 0 Å². The summed E-state index contributed by atoms with van der Waals surface area (Å²) in [6, 6.07) is 3.64. The minimum atomic E-state index is -0.886. The summed E-state index contributed by atoms with van der Waals surface area (Å²) >= 11 is 3.97. The van der Waals surface area contributed by atoms with Crippen LogP contribution in [0, 0.1) is 40.9 Å². The molecule has 0 aromatic rings. The van der Waals surface area contributed by atoms with Gasteiger partial charge in [0.25, 0.3) is 0 Å². The second-order valence-electron chi connectivity index (χ2n) is 2.24. The predicted molar refractivity (Wildman–Crippen MR) is 57.7 cm³/mol. The van der Waals surface area contributed by atoms with Crippen LogP contribution in [-0.2, 0) is 0 Å². The Kier molecular flexibility index (Phi) is 7.05. The van der Waals surface area contributed by atoms with Gasteiger partial charge in [0.15, 0.2) is 5.92 Å². The van der Waals surface area contributed by atoms with Crippen molar-refractivity contribution in [2.45, 2.75) is 0 Å². The van der Waals surface area contributed by atoms with Gasteiger partial charge in [0.1, 0.15) is 5.84 Å². The standard InChI is InChI=1S/C9H10N4S/c1-2-3-12-9(13-4-5-14)8(6-10)7-11/h1,8,14H,3-5H2,(H,12,13). The summed E-state index contributed by atoms with van der Waals surface area (Å²) in [7, 11) is 0. The van der Waals surface area contributed by atoms with Crippen LogP contribution in [0.2, 0.25) is 0 Å². The number of rotatable bonds is 4. The molecule has 1 N–H and O–H groups in total. The maximum absolute atomic E-state index is 8.63. The van der Waals surface area contributed by atoms with Crippen molar-refractivity contribution in [3.05, 3.63) is 0 Å². The fourth-order valence-electron chi connectivity index (χ4n) is 0.712. The fraction of sp³-hybridized carbons (Fsp3) is 0.444. The minimum absolute atomic E-state index is 0.255. The van der Waals surface area contributed by atoms with Gasteiger partial charge in [0.2, 0.25) is 0 Å². The van der Waals surface area contributed by atoms with E-state index in [4.69, 9.17) is 16.9 Å². The highest BCUT2D eigenvalue weighted by Gasteiger charge is 2.12. The maximum atomic E-state index is 8.63. The Morgan fingerprint density at radius 1 is 1.50 bits per heavy atom. The number of hydrogen-bond donors (Lipinski definition) is 2. The van der Waals surface area contributed by atoms with Gasteiger partial charge < -0.3 is 5.32 Å². The van der Waals surface area contributed by atoms with Gasteiger partial charge in [-0.3, -0.25) is 4.99 Å². The molecule has 0 saturated carbocycles. The van der Waals surface area contributed by atoms with Gasteiger partial charge in [-0.2, -0.15) is 23.2 Å². The van der Waals surface area contributed by atoms with E-state index in [2.05, 4.69) is 28.9 Å². The molecule has 0 fully saturated rings. The zero-order valence-corrected chi connectivity index (χ0v) is 8.46. The fourth-order valence-corrected chi connectivity index (χ4v) is 0.812. The van der Waals surface area contributed by atoms with E-state index in [0.29, 0.717) is 18.1 Å². The van der Waals surface area contributed by atoms with Crippen molar-refractivity contribution in [2.24, 2.45) is 10.9 Å². The lowest BCUT2D eigenvalue weighted by Gasteiger charge is -2.06. The summed E-state index contributed by atoms with van der Waals surface area (Å²) in [5, 5.41) is 20.0. The van der Waals surface area contributed by atoms with Crippen molar-refractivity contribution in [2.75, 3.05) is 18.8 Å². The van der Waals surface area contributed by atoms with Crippen molar-refractivity contribution < 1.29 is 0 Å². The molecular formula is C9H10N4S. The van der Waals surface area contributed by atoms with Gasteiger partial charge in [-0.1, -0.05) is 5.92 Å². The zero-order valence-electron chi connectivity index (χ0n) is 7.56. The van der Waals surface area contributed by atoms with Crippen LogP contribution in [0.25, 0.3) is 0 Å². The molecule has 0 aromatic carbocycles. The second kappa shape index (κ2) is 7.98. The maximum Gasteiger partial charge on any atom is 0.189 e. The molecule has 0 atom stereocenters. The van der Waals surface area contributed by atoms with Gasteiger partial charge >= 0.3 is 0 Å². The monoisotopic (exact) mass is 206 g/mol. The summed E-state index contributed by atoms with van der Waals surface area (Å²) in [6.45, 7) is 0.709. The van der Waals surface area contributed by atoms with Crippen molar-refractivity contribution in [1.29, 1.82) is 10.5 Å². The van der Waals surface area contributed by atoms with E-state index >= 15 is 0 Å². The summed E-state index contributed by atoms with van der Waals surface area (Å²) < 4.78 is 0. The molecule has 0 bridgehead atoms. The van der Waals surface area contributed by atoms with E-state index in [1.165, 1.54) is 0 Å². The molecule has 5 heteroatoms. The number of terminal acetylenes is 1. The van der Waals surface area contributed by atoms with Gasteiger partial charge in [-0.05, 0) is 0 Å². The first kappa shape index (κ1) is 12.4. The van der Waals surface area contributed by atoms with Crippen molar-refractivity contribution in [1.82, 2.24) is 5.32 Å². The molecule has 0 aliphatic carbocycles. The Hall–Kier alpha value is -1.64. The first-order chi connectivity index (χ1) is 6.79. The third-order valence-corrected chi connectivity index (χ3v) is 1.49. The zero-order chi connectivity index (χ0) is 10.8. The van der Waals surface area contributed by atoms with E-state index in [1.54, 1.807) is 0 Å². The average Bonchev–Trinajstić information content (AvgIpc) is 2.22. The lowest BCUT2D eigenvalue weighted by atomic mass is 10.2. The molecule has 0 aliphatic heterocycles. The number of nitrogens with zero attached hydrogens (tertiary/aromatic N) is 3.